The lowest BCUT2D eigenvalue weighted by Gasteiger charge is -2.17. The predicted molar refractivity (Wildman–Crippen MR) is 120 cm³/mol. The number of ether oxygens (including phenoxy) is 1. The minimum atomic E-state index is -3.53. The van der Waals surface area contributed by atoms with E-state index in [0.29, 0.717) is 24.5 Å². The topological polar surface area (TPSA) is 55.4 Å². The van der Waals surface area contributed by atoms with Crippen LogP contribution in [0.15, 0.2) is 83.8 Å². The van der Waals surface area contributed by atoms with Crippen LogP contribution in [0.5, 0.6) is 0 Å². The molecule has 0 aromatic heterocycles. The van der Waals surface area contributed by atoms with E-state index in [9.17, 15) is 8.42 Å². The number of fused-ring (bicyclic) bond motifs is 1. The fraction of sp³-hybridized carbons (Fsp3) is 0.200. The normalized spacial score (nSPS) is 13.5. The molecule has 0 saturated carbocycles. The zero-order valence-electron chi connectivity index (χ0n) is 16.8. The second kappa shape index (κ2) is 9.39. The SMILES string of the molecule is O=S(=O)(NCc1ccccc1COCc1ccccc1)C1=Cc2ccccc2CC1. The monoisotopic (exact) mass is 419 g/mol. The van der Waals surface area contributed by atoms with Crippen LogP contribution < -0.4 is 4.72 Å². The summed E-state index contributed by atoms with van der Waals surface area (Å²) in [6.07, 6.45) is 3.05. The molecule has 5 heteroatoms. The summed E-state index contributed by atoms with van der Waals surface area (Å²) in [6, 6.07) is 25.7. The van der Waals surface area contributed by atoms with Crippen molar-refractivity contribution in [2.75, 3.05) is 0 Å². The van der Waals surface area contributed by atoms with Crippen molar-refractivity contribution in [2.24, 2.45) is 0 Å². The van der Waals surface area contributed by atoms with E-state index >= 15 is 0 Å². The van der Waals surface area contributed by atoms with Crippen molar-refractivity contribution in [1.82, 2.24) is 4.72 Å². The van der Waals surface area contributed by atoms with Crippen molar-refractivity contribution in [2.45, 2.75) is 32.6 Å². The molecule has 0 bridgehead atoms. The number of rotatable bonds is 8. The first kappa shape index (κ1) is 20.5. The molecule has 1 aliphatic rings. The molecule has 3 aromatic rings. The summed E-state index contributed by atoms with van der Waals surface area (Å²) in [5, 5.41) is 0. The predicted octanol–water partition coefficient (Wildman–Crippen LogP) is 4.81. The van der Waals surface area contributed by atoms with Crippen molar-refractivity contribution in [3.05, 3.63) is 112 Å². The Morgan fingerprint density at radius 2 is 1.47 bits per heavy atom. The number of hydrogen-bond donors (Lipinski definition) is 1. The molecule has 0 heterocycles. The highest BCUT2D eigenvalue weighted by Gasteiger charge is 2.21. The van der Waals surface area contributed by atoms with E-state index in [2.05, 4.69) is 4.72 Å². The van der Waals surface area contributed by atoms with Crippen LogP contribution >= 0.6 is 0 Å². The lowest BCUT2D eigenvalue weighted by molar-refractivity contribution is 0.106. The van der Waals surface area contributed by atoms with Gasteiger partial charge in [0.25, 0.3) is 0 Å². The minimum absolute atomic E-state index is 0.242. The van der Waals surface area contributed by atoms with Gasteiger partial charge in [-0.25, -0.2) is 13.1 Å². The molecule has 0 radical (unpaired) electrons. The van der Waals surface area contributed by atoms with Crippen LogP contribution in [0.4, 0.5) is 0 Å². The summed E-state index contributed by atoms with van der Waals surface area (Å²) >= 11 is 0. The van der Waals surface area contributed by atoms with Gasteiger partial charge >= 0.3 is 0 Å². The molecule has 1 N–H and O–H groups in total. The Morgan fingerprint density at radius 1 is 0.767 bits per heavy atom. The van der Waals surface area contributed by atoms with Crippen LogP contribution in [0, 0.1) is 0 Å². The number of benzene rings is 3. The third-order valence-electron chi connectivity index (χ3n) is 5.30. The minimum Gasteiger partial charge on any atom is -0.372 e. The fourth-order valence-electron chi connectivity index (χ4n) is 3.61. The van der Waals surface area contributed by atoms with E-state index in [1.165, 1.54) is 5.56 Å². The highest BCUT2D eigenvalue weighted by molar-refractivity contribution is 7.93. The zero-order chi connectivity index (χ0) is 20.8. The smallest absolute Gasteiger partial charge is 0.237 e. The number of nitrogens with one attached hydrogen (secondary N) is 1. The van der Waals surface area contributed by atoms with Crippen LogP contribution in [0.1, 0.15) is 34.2 Å². The van der Waals surface area contributed by atoms with Crippen LogP contribution in [0.2, 0.25) is 0 Å². The van der Waals surface area contributed by atoms with Crippen LogP contribution in [-0.2, 0) is 40.9 Å². The number of hydrogen-bond acceptors (Lipinski definition) is 3. The standard InChI is InChI=1S/C25H25NO3S/c27-30(28,25-15-14-21-10-4-5-11-22(21)16-25)26-17-23-12-6-7-13-24(23)19-29-18-20-8-2-1-3-9-20/h1-13,16,26H,14-15,17-19H2. The van der Waals surface area contributed by atoms with E-state index in [0.717, 1.165) is 28.7 Å². The van der Waals surface area contributed by atoms with Gasteiger partial charge < -0.3 is 4.74 Å². The van der Waals surface area contributed by atoms with Crippen LogP contribution in [0.25, 0.3) is 6.08 Å². The van der Waals surface area contributed by atoms with Crippen molar-refractivity contribution < 1.29 is 13.2 Å². The zero-order valence-corrected chi connectivity index (χ0v) is 17.6. The van der Waals surface area contributed by atoms with Crippen molar-refractivity contribution in [1.29, 1.82) is 0 Å². The van der Waals surface area contributed by atoms with E-state index in [1.54, 1.807) is 6.08 Å². The highest BCUT2D eigenvalue weighted by Crippen LogP contribution is 2.26. The van der Waals surface area contributed by atoms with Crippen LogP contribution in [-0.4, -0.2) is 8.42 Å². The molecular formula is C25H25NO3S. The summed E-state index contributed by atoms with van der Waals surface area (Å²) in [7, 11) is -3.53. The van der Waals surface area contributed by atoms with Gasteiger partial charge in [0.1, 0.15) is 0 Å². The van der Waals surface area contributed by atoms with Crippen molar-refractivity contribution in [3.63, 3.8) is 0 Å². The van der Waals surface area contributed by atoms with Gasteiger partial charge in [0.15, 0.2) is 0 Å². The quantitative estimate of drug-likeness (QED) is 0.570. The fourth-order valence-corrected chi connectivity index (χ4v) is 4.79. The third-order valence-corrected chi connectivity index (χ3v) is 6.83. The summed E-state index contributed by atoms with van der Waals surface area (Å²) in [6.45, 7) is 1.20. The molecule has 0 spiro atoms. The Hall–Kier alpha value is -2.73. The molecule has 154 valence electrons. The molecule has 4 nitrogen and oxygen atoms in total. The molecule has 0 aliphatic heterocycles. The summed E-state index contributed by atoms with van der Waals surface area (Å²) in [5.74, 6) is 0. The average molecular weight is 420 g/mol. The van der Waals surface area contributed by atoms with Gasteiger partial charge in [-0.1, -0.05) is 78.9 Å². The van der Waals surface area contributed by atoms with Gasteiger partial charge in [-0.2, -0.15) is 0 Å². The maximum Gasteiger partial charge on any atom is 0.237 e. The Balaban J connectivity index is 1.41. The summed E-state index contributed by atoms with van der Waals surface area (Å²) < 4.78 is 34.4. The van der Waals surface area contributed by atoms with Crippen molar-refractivity contribution in [3.8, 4) is 0 Å². The van der Waals surface area contributed by atoms with Crippen molar-refractivity contribution >= 4 is 16.1 Å². The Labute approximate surface area is 178 Å². The molecule has 1 aliphatic carbocycles. The largest absolute Gasteiger partial charge is 0.372 e. The first-order chi connectivity index (χ1) is 14.6. The van der Waals surface area contributed by atoms with Gasteiger partial charge in [0.2, 0.25) is 10.0 Å². The molecule has 0 amide bonds. The highest BCUT2D eigenvalue weighted by atomic mass is 32.2. The second-order valence-corrected chi connectivity index (χ2v) is 9.20. The van der Waals surface area contributed by atoms with Gasteiger partial charge in [0, 0.05) is 6.54 Å². The lowest BCUT2D eigenvalue weighted by atomic mass is 9.98. The van der Waals surface area contributed by atoms with Gasteiger partial charge in [-0.15, -0.1) is 0 Å². The number of allylic oxidation sites excluding steroid dienone is 1. The van der Waals surface area contributed by atoms with E-state index in [4.69, 9.17) is 4.74 Å². The van der Waals surface area contributed by atoms with Gasteiger partial charge in [-0.05, 0) is 46.7 Å². The van der Waals surface area contributed by atoms with E-state index in [1.807, 2.05) is 78.9 Å². The molecule has 4 rings (SSSR count). The maximum absolute atomic E-state index is 12.9. The molecular weight excluding hydrogens is 394 g/mol. The maximum atomic E-state index is 12.9. The third kappa shape index (κ3) is 5.05. The molecule has 0 saturated heterocycles. The lowest BCUT2D eigenvalue weighted by Crippen LogP contribution is -2.26. The average Bonchev–Trinajstić information content (AvgIpc) is 2.79. The Bertz CT molecular complexity index is 1140. The first-order valence-corrected chi connectivity index (χ1v) is 11.6. The molecule has 3 aromatic carbocycles. The summed E-state index contributed by atoms with van der Waals surface area (Å²) in [5.41, 5.74) is 5.20. The first-order valence-electron chi connectivity index (χ1n) is 10.1. The molecule has 30 heavy (non-hydrogen) atoms. The van der Waals surface area contributed by atoms with Gasteiger partial charge in [-0.3, -0.25) is 0 Å². The second-order valence-electron chi connectivity index (χ2n) is 7.38. The number of sulfonamides is 1. The van der Waals surface area contributed by atoms with E-state index < -0.39 is 10.0 Å². The molecule has 0 unspecified atom stereocenters. The molecule has 0 fully saturated rings. The molecule has 0 atom stereocenters. The Kier molecular flexibility index (Phi) is 6.43. The van der Waals surface area contributed by atoms with Crippen LogP contribution in [0.3, 0.4) is 0 Å². The number of aryl methyl sites for hydroxylation is 1. The summed E-state index contributed by atoms with van der Waals surface area (Å²) in [4.78, 5) is 0.444. The Morgan fingerprint density at radius 3 is 2.30 bits per heavy atom. The van der Waals surface area contributed by atoms with Gasteiger partial charge in [0.05, 0.1) is 18.1 Å². The van der Waals surface area contributed by atoms with E-state index in [-0.39, 0.29) is 6.54 Å².